The van der Waals surface area contributed by atoms with E-state index in [1.807, 2.05) is 5.38 Å². The van der Waals surface area contributed by atoms with Gasteiger partial charge in [-0.25, -0.2) is 0 Å². The first-order valence-electron chi connectivity index (χ1n) is 5.71. The fourth-order valence-electron chi connectivity index (χ4n) is 2.47. The molecule has 2 N–H and O–H groups in total. The number of rotatable bonds is 2. The normalized spacial score (nSPS) is 33.9. The van der Waals surface area contributed by atoms with Crippen molar-refractivity contribution in [3.05, 3.63) is 11.1 Å². The first-order valence-corrected chi connectivity index (χ1v) is 6.54. The molecule has 0 aliphatic heterocycles. The molecule has 0 bridgehead atoms. The summed E-state index contributed by atoms with van der Waals surface area (Å²) in [5.74, 6) is 2.24. The van der Waals surface area contributed by atoms with Gasteiger partial charge in [-0.1, -0.05) is 24.8 Å². The van der Waals surface area contributed by atoms with E-state index in [9.17, 15) is 0 Å². The van der Waals surface area contributed by atoms with Crippen molar-refractivity contribution in [1.29, 1.82) is 0 Å². The van der Waals surface area contributed by atoms with Crippen molar-refractivity contribution in [2.75, 3.05) is 0 Å². The van der Waals surface area contributed by atoms with Crippen LogP contribution in [0, 0.1) is 17.8 Å². The van der Waals surface area contributed by atoms with E-state index in [0.29, 0.717) is 5.92 Å². The third-order valence-corrected chi connectivity index (χ3v) is 4.39. The maximum absolute atomic E-state index is 6.23. The summed E-state index contributed by atoms with van der Waals surface area (Å²) in [4.78, 5) is 0. The Hall–Kier alpha value is -0.480. The molecule has 0 amide bonds. The number of hydrogen-bond acceptors (Lipinski definition) is 4. The van der Waals surface area contributed by atoms with Gasteiger partial charge in [0.1, 0.15) is 0 Å². The van der Waals surface area contributed by atoms with E-state index in [1.54, 1.807) is 0 Å². The molecule has 84 valence electrons. The maximum Gasteiger partial charge on any atom is 0.0925 e. The Kier molecular flexibility index (Phi) is 3.36. The zero-order valence-electron chi connectivity index (χ0n) is 9.39. The molecule has 1 aliphatic carbocycles. The molecule has 2 rings (SSSR count). The Labute approximate surface area is 95.2 Å². The molecule has 0 aromatic carbocycles. The monoisotopic (exact) mass is 225 g/mol. The Morgan fingerprint density at radius 1 is 1.40 bits per heavy atom. The summed E-state index contributed by atoms with van der Waals surface area (Å²) < 4.78 is 3.88. The zero-order chi connectivity index (χ0) is 10.8. The third kappa shape index (κ3) is 2.37. The molecule has 15 heavy (non-hydrogen) atoms. The molecule has 0 radical (unpaired) electrons. The van der Waals surface area contributed by atoms with Crippen LogP contribution in [-0.4, -0.2) is 9.59 Å². The highest BCUT2D eigenvalue weighted by Gasteiger charge is 2.29. The lowest BCUT2D eigenvalue weighted by molar-refractivity contribution is 0.184. The molecule has 1 aromatic heterocycles. The molecule has 1 saturated carbocycles. The fourth-order valence-corrected chi connectivity index (χ4v) is 2.97. The van der Waals surface area contributed by atoms with Crippen molar-refractivity contribution in [2.45, 2.75) is 39.2 Å². The second kappa shape index (κ2) is 4.58. The van der Waals surface area contributed by atoms with E-state index in [1.165, 1.54) is 30.8 Å². The minimum absolute atomic E-state index is 0.0960. The molecule has 1 aliphatic rings. The van der Waals surface area contributed by atoms with Crippen LogP contribution in [0.3, 0.4) is 0 Å². The molecule has 1 aromatic rings. The second-order valence-corrected chi connectivity index (χ2v) is 5.49. The summed E-state index contributed by atoms with van der Waals surface area (Å²) in [6.45, 7) is 4.68. The van der Waals surface area contributed by atoms with Crippen LogP contribution >= 0.6 is 11.5 Å². The van der Waals surface area contributed by atoms with E-state index in [-0.39, 0.29) is 6.04 Å². The van der Waals surface area contributed by atoms with Crippen molar-refractivity contribution in [3.63, 3.8) is 0 Å². The average molecular weight is 225 g/mol. The fraction of sp³-hybridized carbons (Fsp3) is 0.818. The van der Waals surface area contributed by atoms with Crippen molar-refractivity contribution < 1.29 is 0 Å². The number of nitrogens with zero attached hydrogens (tertiary/aromatic N) is 2. The van der Waals surface area contributed by atoms with Crippen LogP contribution in [0.1, 0.15) is 44.8 Å². The van der Waals surface area contributed by atoms with Gasteiger partial charge < -0.3 is 5.73 Å². The van der Waals surface area contributed by atoms with Gasteiger partial charge in [-0.3, -0.25) is 0 Å². The van der Waals surface area contributed by atoms with Crippen LogP contribution in [0.2, 0.25) is 0 Å². The smallest absolute Gasteiger partial charge is 0.0925 e. The average Bonchev–Trinajstić information content (AvgIpc) is 2.74. The van der Waals surface area contributed by atoms with Crippen LogP contribution in [0.15, 0.2) is 5.38 Å². The second-order valence-electron chi connectivity index (χ2n) is 4.88. The molecule has 4 atom stereocenters. The third-order valence-electron chi connectivity index (χ3n) is 3.87. The number of nitrogens with two attached hydrogens (primary N) is 1. The van der Waals surface area contributed by atoms with Gasteiger partial charge in [0, 0.05) is 5.38 Å². The van der Waals surface area contributed by atoms with Gasteiger partial charge in [0.15, 0.2) is 0 Å². The molecule has 0 spiro atoms. The number of aromatic nitrogens is 2. The minimum Gasteiger partial charge on any atom is -0.322 e. The predicted molar refractivity (Wildman–Crippen MR) is 62.5 cm³/mol. The quantitative estimate of drug-likeness (QED) is 0.841. The predicted octanol–water partition coefficient (Wildman–Crippen LogP) is 2.61. The van der Waals surface area contributed by atoms with Crippen LogP contribution < -0.4 is 5.73 Å². The molecule has 1 fully saturated rings. The first-order chi connectivity index (χ1) is 7.18. The summed E-state index contributed by atoms with van der Waals surface area (Å²) in [6.07, 6.45) is 3.78. The van der Waals surface area contributed by atoms with Gasteiger partial charge in [0.05, 0.1) is 11.7 Å². The first kappa shape index (κ1) is 11.0. The topological polar surface area (TPSA) is 51.8 Å². The number of hydrogen-bond donors (Lipinski definition) is 1. The van der Waals surface area contributed by atoms with Gasteiger partial charge in [-0.05, 0) is 42.1 Å². The highest BCUT2D eigenvalue weighted by atomic mass is 32.1. The van der Waals surface area contributed by atoms with Gasteiger partial charge in [0.25, 0.3) is 0 Å². The van der Waals surface area contributed by atoms with Crippen LogP contribution in [-0.2, 0) is 0 Å². The summed E-state index contributed by atoms with van der Waals surface area (Å²) in [7, 11) is 0. The Balaban J connectivity index is 2.00. The molecular weight excluding hydrogens is 206 g/mol. The molecule has 1 heterocycles. The minimum atomic E-state index is 0.0960. The van der Waals surface area contributed by atoms with E-state index in [4.69, 9.17) is 5.73 Å². The van der Waals surface area contributed by atoms with Gasteiger partial charge in [0.2, 0.25) is 0 Å². The highest BCUT2D eigenvalue weighted by Crippen LogP contribution is 2.38. The molecule has 3 nitrogen and oxygen atoms in total. The lowest BCUT2D eigenvalue weighted by Crippen LogP contribution is -2.29. The van der Waals surface area contributed by atoms with E-state index >= 15 is 0 Å². The van der Waals surface area contributed by atoms with E-state index in [2.05, 4.69) is 23.4 Å². The van der Waals surface area contributed by atoms with Crippen LogP contribution in [0.4, 0.5) is 0 Å². The van der Waals surface area contributed by atoms with Crippen molar-refractivity contribution >= 4 is 11.5 Å². The van der Waals surface area contributed by atoms with Crippen molar-refractivity contribution in [3.8, 4) is 0 Å². The molecular formula is C11H19N3S. The summed E-state index contributed by atoms with van der Waals surface area (Å²) in [5.41, 5.74) is 7.20. The molecule has 4 unspecified atom stereocenters. The molecule has 4 heteroatoms. The van der Waals surface area contributed by atoms with Crippen molar-refractivity contribution in [2.24, 2.45) is 23.5 Å². The summed E-state index contributed by atoms with van der Waals surface area (Å²) in [5, 5.41) is 6.06. The van der Waals surface area contributed by atoms with E-state index in [0.717, 1.165) is 17.5 Å². The van der Waals surface area contributed by atoms with Gasteiger partial charge in [-0.15, -0.1) is 5.10 Å². The van der Waals surface area contributed by atoms with Gasteiger partial charge >= 0.3 is 0 Å². The van der Waals surface area contributed by atoms with Crippen molar-refractivity contribution in [1.82, 2.24) is 9.59 Å². The summed E-state index contributed by atoms with van der Waals surface area (Å²) >= 11 is 1.39. The van der Waals surface area contributed by atoms with Crippen LogP contribution in [0.5, 0.6) is 0 Å². The Morgan fingerprint density at radius 3 is 2.80 bits per heavy atom. The Bertz CT molecular complexity index is 299. The summed E-state index contributed by atoms with van der Waals surface area (Å²) in [6, 6.07) is 0.0960. The Morgan fingerprint density at radius 2 is 2.20 bits per heavy atom. The lowest BCUT2D eigenvalue weighted by Gasteiger charge is -2.34. The van der Waals surface area contributed by atoms with Crippen LogP contribution in [0.25, 0.3) is 0 Å². The zero-order valence-corrected chi connectivity index (χ0v) is 10.2. The standard InChI is InChI=1S/C11H19N3S/c1-7-3-4-9(5-8(7)2)11(12)10-6-15-14-13-10/h6-9,11H,3-5,12H2,1-2H3. The highest BCUT2D eigenvalue weighted by molar-refractivity contribution is 7.03. The van der Waals surface area contributed by atoms with E-state index < -0.39 is 0 Å². The molecule has 0 saturated heterocycles. The van der Waals surface area contributed by atoms with Gasteiger partial charge in [-0.2, -0.15) is 0 Å². The largest absolute Gasteiger partial charge is 0.322 e. The maximum atomic E-state index is 6.23. The SMILES string of the molecule is CC1CCC(C(N)c2csnn2)CC1C. The lowest BCUT2D eigenvalue weighted by atomic mass is 9.73.